The molecular weight excluding hydrogens is 190 g/mol. The summed E-state index contributed by atoms with van der Waals surface area (Å²) in [4.78, 5) is 0. The lowest BCUT2D eigenvalue weighted by atomic mass is 9.90. The van der Waals surface area contributed by atoms with E-state index in [0.29, 0.717) is 5.92 Å². The average molecular weight is 205 g/mol. The Hall–Kier alpha value is -1.35. The molecule has 3 nitrogen and oxygen atoms in total. The van der Waals surface area contributed by atoms with Crippen LogP contribution in [0.15, 0.2) is 35.5 Å². The maximum Gasteiger partial charge on any atom is 0.0900 e. The van der Waals surface area contributed by atoms with Gasteiger partial charge in [0.2, 0.25) is 0 Å². The first-order chi connectivity index (χ1) is 7.42. The molecule has 1 saturated heterocycles. The lowest BCUT2D eigenvalue weighted by molar-refractivity contribution is 0.0821. The van der Waals surface area contributed by atoms with Crippen LogP contribution in [0.5, 0.6) is 0 Å². The van der Waals surface area contributed by atoms with Gasteiger partial charge < -0.3 is 9.94 Å². The Morgan fingerprint density at radius 3 is 2.47 bits per heavy atom. The number of hydrogen-bond donors (Lipinski definition) is 1. The molecule has 1 N–H and O–H groups in total. The van der Waals surface area contributed by atoms with Crippen LogP contribution in [0, 0.1) is 5.92 Å². The van der Waals surface area contributed by atoms with E-state index in [4.69, 9.17) is 9.94 Å². The highest BCUT2D eigenvalue weighted by Crippen LogP contribution is 2.20. The van der Waals surface area contributed by atoms with E-state index >= 15 is 0 Å². The van der Waals surface area contributed by atoms with Crippen LogP contribution in [-0.4, -0.2) is 24.1 Å². The Kier molecular flexibility index (Phi) is 3.35. The van der Waals surface area contributed by atoms with Crippen LogP contribution in [-0.2, 0) is 4.74 Å². The smallest absolute Gasteiger partial charge is 0.0900 e. The van der Waals surface area contributed by atoms with Crippen molar-refractivity contribution < 1.29 is 9.94 Å². The van der Waals surface area contributed by atoms with E-state index in [2.05, 4.69) is 5.16 Å². The third-order valence-corrected chi connectivity index (χ3v) is 2.79. The lowest BCUT2D eigenvalue weighted by Crippen LogP contribution is -2.24. The molecule has 15 heavy (non-hydrogen) atoms. The summed E-state index contributed by atoms with van der Waals surface area (Å²) in [5.41, 5.74) is 1.80. The number of ether oxygens (including phenoxy) is 1. The summed E-state index contributed by atoms with van der Waals surface area (Å²) < 4.78 is 5.29. The fourth-order valence-electron chi connectivity index (χ4n) is 1.96. The lowest BCUT2D eigenvalue weighted by Gasteiger charge is -2.22. The molecule has 1 fully saturated rings. The highest BCUT2D eigenvalue weighted by molar-refractivity contribution is 6.01. The van der Waals surface area contributed by atoms with Crippen molar-refractivity contribution in [2.24, 2.45) is 11.1 Å². The van der Waals surface area contributed by atoms with Gasteiger partial charge in [0, 0.05) is 19.1 Å². The van der Waals surface area contributed by atoms with Gasteiger partial charge >= 0.3 is 0 Å². The van der Waals surface area contributed by atoms with Gasteiger partial charge in [0.1, 0.15) is 0 Å². The Morgan fingerprint density at radius 2 is 1.87 bits per heavy atom. The first-order valence-electron chi connectivity index (χ1n) is 5.27. The number of nitrogens with zero attached hydrogens (tertiary/aromatic N) is 1. The minimum atomic E-state index is 0.325. The Morgan fingerprint density at radius 1 is 1.20 bits per heavy atom. The monoisotopic (exact) mass is 205 g/mol. The fraction of sp³-hybridized carbons (Fsp3) is 0.417. The van der Waals surface area contributed by atoms with Crippen LogP contribution in [0.3, 0.4) is 0 Å². The van der Waals surface area contributed by atoms with Gasteiger partial charge in [-0.25, -0.2) is 0 Å². The van der Waals surface area contributed by atoms with Crippen LogP contribution in [0.25, 0.3) is 0 Å². The van der Waals surface area contributed by atoms with Crippen molar-refractivity contribution in [2.75, 3.05) is 13.2 Å². The average Bonchev–Trinajstić information content (AvgIpc) is 2.33. The molecule has 1 heterocycles. The first-order valence-corrected chi connectivity index (χ1v) is 5.27. The summed E-state index contributed by atoms with van der Waals surface area (Å²) in [6.07, 6.45) is 1.88. The molecule has 1 aromatic rings. The first kappa shape index (κ1) is 10.2. The summed E-state index contributed by atoms with van der Waals surface area (Å²) in [5.74, 6) is 0.325. The van der Waals surface area contributed by atoms with Crippen molar-refractivity contribution >= 4 is 5.71 Å². The van der Waals surface area contributed by atoms with E-state index in [1.165, 1.54) is 0 Å². The number of benzene rings is 1. The van der Waals surface area contributed by atoms with Gasteiger partial charge in [-0.1, -0.05) is 35.5 Å². The summed E-state index contributed by atoms with van der Waals surface area (Å²) >= 11 is 0. The molecule has 1 aromatic carbocycles. The van der Waals surface area contributed by atoms with Gasteiger partial charge in [-0.2, -0.15) is 0 Å². The Labute approximate surface area is 89.4 Å². The molecule has 1 aliphatic heterocycles. The zero-order valence-corrected chi connectivity index (χ0v) is 8.60. The van der Waals surface area contributed by atoms with Crippen molar-refractivity contribution in [3.8, 4) is 0 Å². The third-order valence-electron chi connectivity index (χ3n) is 2.79. The largest absolute Gasteiger partial charge is 0.411 e. The molecule has 0 unspecified atom stereocenters. The number of hydrogen-bond acceptors (Lipinski definition) is 3. The number of oxime groups is 1. The summed E-state index contributed by atoms with van der Waals surface area (Å²) in [7, 11) is 0. The van der Waals surface area contributed by atoms with Crippen molar-refractivity contribution in [2.45, 2.75) is 12.8 Å². The van der Waals surface area contributed by atoms with Crippen molar-refractivity contribution in [1.29, 1.82) is 0 Å². The summed E-state index contributed by atoms with van der Waals surface area (Å²) in [5, 5.41) is 12.5. The van der Waals surface area contributed by atoms with Crippen LogP contribution in [0.1, 0.15) is 18.4 Å². The predicted octanol–water partition coefficient (Wildman–Crippen LogP) is 2.29. The second-order valence-corrected chi connectivity index (χ2v) is 3.74. The molecule has 80 valence electrons. The van der Waals surface area contributed by atoms with E-state index < -0.39 is 0 Å². The van der Waals surface area contributed by atoms with Crippen molar-refractivity contribution in [3.05, 3.63) is 35.9 Å². The topological polar surface area (TPSA) is 41.8 Å². The van der Waals surface area contributed by atoms with E-state index in [-0.39, 0.29) is 0 Å². The molecule has 0 bridgehead atoms. The van der Waals surface area contributed by atoms with Crippen LogP contribution < -0.4 is 0 Å². The minimum Gasteiger partial charge on any atom is -0.411 e. The second-order valence-electron chi connectivity index (χ2n) is 3.74. The third kappa shape index (κ3) is 2.36. The standard InChI is InChI=1S/C12H15NO2/c14-13-12(10-4-2-1-3-5-10)11-6-8-15-9-7-11/h1-5,11,14H,6-9H2/b13-12-. The van der Waals surface area contributed by atoms with Crippen LogP contribution in [0.4, 0.5) is 0 Å². The van der Waals surface area contributed by atoms with Crippen LogP contribution >= 0.6 is 0 Å². The molecule has 0 atom stereocenters. The molecule has 0 radical (unpaired) electrons. The zero-order chi connectivity index (χ0) is 10.5. The van der Waals surface area contributed by atoms with E-state index in [0.717, 1.165) is 37.3 Å². The number of rotatable bonds is 2. The van der Waals surface area contributed by atoms with Gasteiger partial charge in [-0.3, -0.25) is 0 Å². The summed E-state index contributed by atoms with van der Waals surface area (Å²) in [6.45, 7) is 1.52. The van der Waals surface area contributed by atoms with Gasteiger partial charge in [-0.15, -0.1) is 0 Å². The normalized spacial score (nSPS) is 19.1. The molecule has 0 aromatic heterocycles. The van der Waals surface area contributed by atoms with Crippen molar-refractivity contribution in [1.82, 2.24) is 0 Å². The maximum atomic E-state index is 9.08. The quantitative estimate of drug-likeness (QED) is 0.457. The van der Waals surface area contributed by atoms with E-state index in [1.54, 1.807) is 0 Å². The van der Waals surface area contributed by atoms with Gasteiger partial charge in [0.15, 0.2) is 0 Å². The molecule has 0 amide bonds. The molecular formula is C12H15NO2. The van der Waals surface area contributed by atoms with E-state index in [1.807, 2.05) is 30.3 Å². The highest BCUT2D eigenvalue weighted by Gasteiger charge is 2.21. The fourth-order valence-corrected chi connectivity index (χ4v) is 1.96. The Bertz CT molecular complexity index is 329. The van der Waals surface area contributed by atoms with Gasteiger partial charge in [0.05, 0.1) is 5.71 Å². The van der Waals surface area contributed by atoms with Gasteiger partial charge in [-0.05, 0) is 18.4 Å². The van der Waals surface area contributed by atoms with Crippen LogP contribution in [0.2, 0.25) is 0 Å². The maximum absolute atomic E-state index is 9.08. The van der Waals surface area contributed by atoms with E-state index in [9.17, 15) is 0 Å². The minimum absolute atomic E-state index is 0.325. The molecule has 0 spiro atoms. The summed E-state index contributed by atoms with van der Waals surface area (Å²) in [6, 6.07) is 9.83. The molecule has 1 aliphatic rings. The Balaban J connectivity index is 2.17. The second kappa shape index (κ2) is 4.94. The predicted molar refractivity (Wildman–Crippen MR) is 58.3 cm³/mol. The molecule has 3 heteroatoms. The van der Waals surface area contributed by atoms with Crippen molar-refractivity contribution in [3.63, 3.8) is 0 Å². The molecule has 0 aliphatic carbocycles. The molecule has 2 rings (SSSR count). The SMILES string of the molecule is O/N=C(/c1ccccc1)C1CCOCC1. The molecule has 0 saturated carbocycles. The zero-order valence-electron chi connectivity index (χ0n) is 8.60. The van der Waals surface area contributed by atoms with Gasteiger partial charge in [0.25, 0.3) is 0 Å². The highest BCUT2D eigenvalue weighted by atomic mass is 16.5.